The molecule has 0 aliphatic heterocycles. The van der Waals surface area contributed by atoms with E-state index in [2.05, 4.69) is 43.5 Å². The molecule has 3 aromatic carbocycles. The van der Waals surface area contributed by atoms with E-state index < -0.39 is 23.2 Å². The predicted octanol–water partition coefficient (Wildman–Crippen LogP) is 6.97. The Morgan fingerprint density at radius 2 is 1.68 bits per heavy atom. The second-order valence-corrected chi connectivity index (χ2v) is 12.5. The van der Waals surface area contributed by atoms with Crippen LogP contribution in [0.4, 0.5) is 10.1 Å². The zero-order valence-electron chi connectivity index (χ0n) is 24.3. The van der Waals surface area contributed by atoms with E-state index in [1.165, 1.54) is 12.1 Å². The van der Waals surface area contributed by atoms with E-state index in [0.717, 1.165) is 35.1 Å². The molecular formula is C35H39FN2O3. The van der Waals surface area contributed by atoms with Crippen molar-refractivity contribution < 1.29 is 18.8 Å². The number of hydrogen-bond acceptors (Lipinski definition) is 3. The molecule has 3 aromatic rings. The van der Waals surface area contributed by atoms with Gasteiger partial charge in [0, 0.05) is 18.4 Å². The zero-order valence-corrected chi connectivity index (χ0v) is 24.3. The molecule has 0 spiro atoms. The molecule has 2 N–H and O–H groups in total. The van der Waals surface area contributed by atoms with Gasteiger partial charge in [0.2, 0.25) is 11.8 Å². The molecule has 0 bridgehead atoms. The first-order valence-corrected chi connectivity index (χ1v) is 14.6. The Morgan fingerprint density at radius 1 is 0.976 bits per heavy atom. The summed E-state index contributed by atoms with van der Waals surface area (Å²) < 4.78 is 14.4. The molecule has 2 aliphatic carbocycles. The lowest BCUT2D eigenvalue weighted by Crippen LogP contribution is -2.58. The Morgan fingerprint density at radius 3 is 2.39 bits per heavy atom. The summed E-state index contributed by atoms with van der Waals surface area (Å²) in [5.41, 5.74) is 2.70. The third kappa shape index (κ3) is 5.44. The van der Waals surface area contributed by atoms with E-state index in [-0.39, 0.29) is 35.1 Å². The normalized spacial score (nSPS) is 24.2. The number of anilines is 1. The number of rotatable bonds is 7. The Bertz CT molecular complexity index is 1470. The number of carbonyl (C=O) groups is 3. The van der Waals surface area contributed by atoms with E-state index in [9.17, 15) is 18.8 Å². The number of Topliss-reactive ketones (excluding diaryl/α,β-unsaturated/α-hetero) is 1. The smallest absolute Gasteiger partial charge is 0.247 e. The fourth-order valence-electron chi connectivity index (χ4n) is 7.03. The van der Waals surface area contributed by atoms with Crippen molar-refractivity contribution in [3.8, 4) is 0 Å². The van der Waals surface area contributed by atoms with Gasteiger partial charge in [-0.2, -0.15) is 0 Å². The fourth-order valence-corrected chi connectivity index (χ4v) is 7.03. The minimum absolute atomic E-state index is 0.0662. The SMILES string of the molecule is CC(C)c1ccc2c(c1)C(=O)C[C@H]1[C@](C)(C(=O)N[C@@H](Cc3ccccc3)C(=O)Nc3ccccc3F)CCC[C@]21C. The Kier molecular flexibility index (Phi) is 7.87. The maximum absolute atomic E-state index is 14.4. The molecule has 6 heteroatoms. The second-order valence-electron chi connectivity index (χ2n) is 12.5. The summed E-state index contributed by atoms with van der Waals surface area (Å²) in [7, 11) is 0. The number of halogens is 1. The number of para-hydroxylation sites is 1. The van der Waals surface area contributed by atoms with Crippen molar-refractivity contribution in [2.45, 2.75) is 77.2 Å². The van der Waals surface area contributed by atoms with Crippen LogP contribution in [0.25, 0.3) is 0 Å². The second kappa shape index (κ2) is 11.2. The Labute approximate surface area is 241 Å². The van der Waals surface area contributed by atoms with Crippen LogP contribution in [0.3, 0.4) is 0 Å². The molecule has 1 fully saturated rings. The highest BCUT2D eigenvalue weighted by atomic mass is 19.1. The van der Waals surface area contributed by atoms with Crippen molar-refractivity contribution in [3.05, 3.63) is 101 Å². The molecule has 0 saturated heterocycles. The molecule has 2 aliphatic rings. The molecule has 0 aromatic heterocycles. The summed E-state index contributed by atoms with van der Waals surface area (Å²) in [6, 6.07) is 20.8. The first-order chi connectivity index (χ1) is 19.5. The van der Waals surface area contributed by atoms with E-state index in [1.54, 1.807) is 12.1 Å². The highest BCUT2D eigenvalue weighted by Crippen LogP contribution is 2.57. The number of benzene rings is 3. The minimum Gasteiger partial charge on any atom is -0.343 e. The molecule has 41 heavy (non-hydrogen) atoms. The van der Waals surface area contributed by atoms with Crippen LogP contribution in [0.15, 0.2) is 72.8 Å². The minimum atomic E-state index is -0.922. The first kappa shape index (κ1) is 28.7. The van der Waals surface area contributed by atoms with Crippen molar-refractivity contribution >= 4 is 23.3 Å². The standard InChI is InChI=1S/C35H39FN2O3/c1-22(2)24-15-16-26-25(20-24)30(39)21-31-34(26,3)17-10-18-35(31,4)33(41)38-29(19-23-11-6-5-7-12-23)32(40)37-28-14-9-8-13-27(28)36/h5-9,11-16,20,22,29,31H,10,17-19,21H2,1-4H3,(H,37,40)(H,38,41)/t29-,31+,34+,35+/m0/s1. The quantitative estimate of drug-likeness (QED) is 0.331. The van der Waals surface area contributed by atoms with Crippen LogP contribution in [-0.4, -0.2) is 23.6 Å². The molecule has 0 heterocycles. The zero-order chi connectivity index (χ0) is 29.4. The molecule has 214 valence electrons. The lowest BCUT2D eigenvalue weighted by Gasteiger charge is -2.54. The Balaban J connectivity index is 1.45. The van der Waals surface area contributed by atoms with Crippen molar-refractivity contribution in [1.29, 1.82) is 0 Å². The van der Waals surface area contributed by atoms with E-state index in [0.29, 0.717) is 18.8 Å². The highest BCUT2D eigenvalue weighted by Gasteiger charge is 2.57. The summed E-state index contributed by atoms with van der Waals surface area (Å²) in [6.07, 6.45) is 2.90. The van der Waals surface area contributed by atoms with Gasteiger partial charge in [-0.3, -0.25) is 14.4 Å². The predicted molar refractivity (Wildman–Crippen MR) is 159 cm³/mol. The van der Waals surface area contributed by atoms with Crippen molar-refractivity contribution in [1.82, 2.24) is 5.32 Å². The van der Waals surface area contributed by atoms with Gasteiger partial charge in [0.15, 0.2) is 5.78 Å². The van der Waals surface area contributed by atoms with Gasteiger partial charge in [0.25, 0.3) is 0 Å². The summed E-state index contributed by atoms with van der Waals surface area (Å²) in [6.45, 7) is 8.38. The topological polar surface area (TPSA) is 75.3 Å². The van der Waals surface area contributed by atoms with E-state index >= 15 is 0 Å². The highest BCUT2D eigenvalue weighted by molar-refractivity contribution is 6.01. The van der Waals surface area contributed by atoms with Gasteiger partial charge in [-0.05, 0) is 65.0 Å². The largest absolute Gasteiger partial charge is 0.343 e. The van der Waals surface area contributed by atoms with Crippen LogP contribution in [0.5, 0.6) is 0 Å². The molecule has 0 unspecified atom stereocenters. The Hall–Kier alpha value is -3.80. The fraction of sp³-hybridized carbons (Fsp3) is 0.400. The van der Waals surface area contributed by atoms with Gasteiger partial charge in [-0.25, -0.2) is 4.39 Å². The average molecular weight is 555 g/mol. The van der Waals surface area contributed by atoms with Gasteiger partial charge >= 0.3 is 0 Å². The molecular weight excluding hydrogens is 515 g/mol. The number of ketones is 1. The molecule has 0 radical (unpaired) electrons. The number of amides is 2. The van der Waals surface area contributed by atoms with Gasteiger partial charge < -0.3 is 10.6 Å². The van der Waals surface area contributed by atoms with Gasteiger partial charge in [0.1, 0.15) is 11.9 Å². The summed E-state index contributed by atoms with van der Waals surface area (Å²) >= 11 is 0. The molecule has 4 atom stereocenters. The van der Waals surface area contributed by atoms with Gasteiger partial charge in [0.05, 0.1) is 11.1 Å². The number of hydrogen-bond donors (Lipinski definition) is 2. The van der Waals surface area contributed by atoms with Crippen LogP contribution in [0.2, 0.25) is 0 Å². The molecule has 5 rings (SSSR count). The number of fused-ring (bicyclic) bond motifs is 3. The lowest BCUT2D eigenvalue weighted by atomic mass is 9.49. The summed E-state index contributed by atoms with van der Waals surface area (Å²) in [5.74, 6) is -1.09. The number of carbonyl (C=O) groups excluding carboxylic acids is 3. The van der Waals surface area contributed by atoms with Crippen LogP contribution in [-0.2, 0) is 21.4 Å². The first-order valence-electron chi connectivity index (χ1n) is 14.6. The van der Waals surface area contributed by atoms with Crippen molar-refractivity contribution in [2.24, 2.45) is 11.3 Å². The average Bonchev–Trinajstić information content (AvgIpc) is 2.95. The van der Waals surface area contributed by atoms with Crippen LogP contribution < -0.4 is 10.6 Å². The molecule has 5 nitrogen and oxygen atoms in total. The van der Waals surface area contributed by atoms with Crippen LogP contribution in [0, 0.1) is 17.2 Å². The summed E-state index contributed by atoms with van der Waals surface area (Å²) in [4.78, 5) is 41.3. The van der Waals surface area contributed by atoms with E-state index in [4.69, 9.17) is 0 Å². The maximum atomic E-state index is 14.4. The third-order valence-electron chi connectivity index (χ3n) is 9.50. The third-order valence-corrected chi connectivity index (χ3v) is 9.50. The van der Waals surface area contributed by atoms with Crippen LogP contribution >= 0.6 is 0 Å². The van der Waals surface area contributed by atoms with Gasteiger partial charge in [-0.15, -0.1) is 0 Å². The lowest BCUT2D eigenvalue weighted by molar-refractivity contribution is -0.140. The number of nitrogens with one attached hydrogen (secondary N) is 2. The monoisotopic (exact) mass is 554 g/mol. The molecule has 1 saturated carbocycles. The maximum Gasteiger partial charge on any atom is 0.247 e. The van der Waals surface area contributed by atoms with Gasteiger partial charge in [-0.1, -0.05) is 88.7 Å². The van der Waals surface area contributed by atoms with Crippen LogP contribution in [0.1, 0.15) is 86.3 Å². The van der Waals surface area contributed by atoms with E-state index in [1.807, 2.05) is 43.3 Å². The van der Waals surface area contributed by atoms with Crippen molar-refractivity contribution in [2.75, 3.05) is 5.32 Å². The summed E-state index contributed by atoms with van der Waals surface area (Å²) in [5, 5.41) is 5.71. The molecule has 2 amide bonds. The van der Waals surface area contributed by atoms with Crippen molar-refractivity contribution in [3.63, 3.8) is 0 Å².